The number of likely N-dealkylation sites (tertiary alicyclic amines) is 1. The molecule has 0 radical (unpaired) electrons. The Morgan fingerprint density at radius 3 is 3.12 bits per heavy atom. The van der Waals surface area contributed by atoms with Crippen molar-refractivity contribution in [3.63, 3.8) is 0 Å². The summed E-state index contributed by atoms with van der Waals surface area (Å²) in [6.07, 6.45) is 2.28. The minimum atomic E-state index is -0.350. The fourth-order valence-corrected chi connectivity index (χ4v) is 3.29. The van der Waals surface area contributed by atoms with E-state index in [0.717, 1.165) is 0 Å². The number of carbonyl (C=O) groups is 1. The van der Waals surface area contributed by atoms with Crippen LogP contribution in [0.4, 0.5) is 5.95 Å². The smallest absolute Gasteiger partial charge is 0.319 e. The number of methoxy groups -OCH3 is 1. The second-order valence-electron chi connectivity index (χ2n) is 5.66. The first-order chi connectivity index (χ1) is 12.0. The van der Waals surface area contributed by atoms with Crippen molar-refractivity contribution < 1.29 is 9.53 Å². The van der Waals surface area contributed by atoms with Gasteiger partial charge in [-0.25, -0.2) is 4.98 Å². The predicted octanol–water partition coefficient (Wildman–Crippen LogP) is 1.16. The van der Waals surface area contributed by atoms with E-state index in [2.05, 4.69) is 25.0 Å². The molecule has 0 amide bonds. The van der Waals surface area contributed by atoms with Crippen molar-refractivity contribution >= 4 is 34.7 Å². The Morgan fingerprint density at radius 1 is 1.60 bits per heavy atom. The summed E-state index contributed by atoms with van der Waals surface area (Å²) in [6, 6.07) is -0.119. The molecule has 1 aliphatic heterocycles. The van der Waals surface area contributed by atoms with Gasteiger partial charge in [-0.15, -0.1) is 0 Å². The Morgan fingerprint density at radius 2 is 2.40 bits per heavy atom. The molecule has 1 fully saturated rings. The fourth-order valence-electron chi connectivity index (χ4n) is 3.07. The first kappa shape index (κ1) is 17.2. The highest BCUT2D eigenvalue weighted by molar-refractivity contribution is 6.33. The number of azide groups is 1. The van der Waals surface area contributed by atoms with Crippen LogP contribution in [-0.2, 0) is 9.53 Å². The van der Waals surface area contributed by atoms with E-state index in [-0.39, 0.29) is 42.2 Å². The molecule has 3 rings (SSSR count). The quantitative estimate of drug-likeness (QED) is 0.274. The number of nitrogen functional groups attached to an aromatic ring is 1. The maximum Gasteiger partial charge on any atom is 0.319 e. The molecule has 0 unspecified atom stereocenters. The largest absolute Gasteiger partial charge is 0.468 e. The van der Waals surface area contributed by atoms with Gasteiger partial charge in [0.1, 0.15) is 5.52 Å². The van der Waals surface area contributed by atoms with Crippen molar-refractivity contribution in [2.75, 3.05) is 32.5 Å². The number of aromatic nitrogens is 4. The first-order valence-corrected chi connectivity index (χ1v) is 7.88. The lowest BCUT2D eigenvalue weighted by molar-refractivity contribution is -0.142. The van der Waals surface area contributed by atoms with E-state index in [0.29, 0.717) is 24.1 Å². The summed E-state index contributed by atoms with van der Waals surface area (Å²) in [5, 5.41) is 3.83. The van der Waals surface area contributed by atoms with Gasteiger partial charge in [-0.2, -0.15) is 9.97 Å². The molecule has 1 aliphatic rings. The zero-order chi connectivity index (χ0) is 18.0. The van der Waals surface area contributed by atoms with Gasteiger partial charge in [0.25, 0.3) is 0 Å². The maximum atomic E-state index is 11.6. The Balaban J connectivity index is 1.90. The van der Waals surface area contributed by atoms with Crippen LogP contribution in [0, 0.1) is 0 Å². The van der Waals surface area contributed by atoms with Crippen molar-refractivity contribution in [3.8, 4) is 0 Å². The molecule has 0 aromatic carbocycles. The van der Waals surface area contributed by atoms with Gasteiger partial charge < -0.3 is 15.0 Å². The maximum absolute atomic E-state index is 11.6. The summed E-state index contributed by atoms with van der Waals surface area (Å²) >= 11 is 6.06. The van der Waals surface area contributed by atoms with Crippen molar-refractivity contribution in [3.05, 3.63) is 21.9 Å². The van der Waals surface area contributed by atoms with Gasteiger partial charge in [0.2, 0.25) is 5.95 Å². The second kappa shape index (κ2) is 7.09. The third-order valence-corrected chi connectivity index (χ3v) is 4.47. The average Bonchev–Trinajstić information content (AvgIpc) is 3.16. The number of rotatable bonds is 5. The van der Waals surface area contributed by atoms with Crippen molar-refractivity contribution in [2.45, 2.75) is 18.5 Å². The topological polar surface area (TPSA) is 148 Å². The van der Waals surface area contributed by atoms with Crippen LogP contribution >= 0.6 is 11.6 Å². The lowest BCUT2D eigenvalue weighted by atomic mass is 10.1. The van der Waals surface area contributed by atoms with Crippen molar-refractivity contribution in [1.29, 1.82) is 0 Å². The number of hydrogen-bond acceptors (Lipinski definition) is 8. The minimum Gasteiger partial charge on any atom is -0.468 e. The molecule has 0 aliphatic carbocycles. The average molecular weight is 366 g/mol. The molecule has 2 atom stereocenters. The third kappa shape index (κ3) is 3.43. The molecule has 11 nitrogen and oxygen atoms in total. The molecule has 0 spiro atoms. The minimum absolute atomic E-state index is 0.0288. The van der Waals surface area contributed by atoms with E-state index in [9.17, 15) is 4.79 Å². The van der Waals surface area contributed by atoms with E-state index < -0.39 is 0 Å². The van der Waals surface area contributed by atoms with Crippen LogP contribution in [0.3, 0.4) is 0 Å². The normalized spacial score (nSPS) is 20.6. The third-order valence-electron chi connectivity index (χ3n) is 4.21. The van der Waals surface area contributed by atoms with Gasteiger partial charge in [-0.3, -0.25) is 9.69 Å². The number of esters is 1. The highest BCUT2D eigenvalue weighted by Crippen LogP contribution is 2.31. The molecule has 0 saturated carbocycles. The SMILES string of the molecule is COC(=O)CN1C[C@@H](n2cnc3c(Cl)nc(N)nc32)C[C@@H]1CN=[N+]=[N-]. The first-order valence-electron chi connectivity index (χ1n) is 7.50. The summed E-state index contributed by atoms with van der Waals surface area (Å²) < 4.78 is 6.60. The van der Waals surface area contributed by atoms with E-state index in [1.807, 2.05) is 9.47 Å². The van der Waals surface area contributed by atoms with Gasteiger partial charge >= 0.3 is 5.97 Å². The predicted molar refractivity (Wildman–Crippen MR) is 89.8 cm³/mol. The number of anilines is 1. The molecular formula is C13H16ClN9O2. The molecule has 12 heteroatoms. The number of imidazole rings is 1. The van der Waals surface area contributed by atoms with Crippen LogP contribution in [-0.4, -0.2) is 63.2 Å². The number of hydrogen-bond donors (Lipinski definition) is 1. The molecule has 2 N–H and O–H groups in total. The number of nitrogens with two attached hydrogens (primary N) is 1. The van der Waals surface area contributed by atoms with Crippen LogP contribution in [0.2, 0.25) is 5.15 Å². The zero-order valence-electron chi connectivity index (χ0n) is 13.4. The van der Waals surface area contributed by atoms with E-state index in [1.165, 1.54) is 7.11 Å². The van der Waals surface area contributed by atoms with Gasteiger partial charge in [0.15, 0.2) is 10.8 Å². The zero-order valence-corrected chi connectivity index (χ0v) is 14.2. The molecule has 2 aromatic rings. The highest BCUT2D eigenvalue weighted by atomic mass is 35.5. The Labute approximate surface area is 147 Å². The molecular weight excluding hydrogens is 350 g/mol. The highest BCUT2D eigenvalue weighted by Gasteiger charge is 2.35. The molecule has 2 aromatic heterocycles. The van der Waals surface area contributed by atoms with Crippen LogP contribution in [0.5, 0.6) is 0 Å². The Bertz CT molecular complexity index is 847. The van der Waals surface area contributed by atoms with E-state index >= 15 is 0 Å². The van der Waals surface area contributed by atoms with Gasteiger partial charge in [0, 0.05) is 24.0 Å². The number of fused-ring (bicyclic) bond motifs is 1. The second-order valence-corrected chi connectivity index (χ2v) is 6.02. The summed E-state index contributed by atoms with van der Waals surface area (Å²) in [6.45, 7) is 0.922. The molecule has 0 bridgehead atoms. The van der Waals surface area contributed by atoms with Crippen LogP contribution in [0.1, 0.15) is 12.5 Å². The summed E-state index contributed by atoms with van der Waals surface area (Å²) in [5.74, 6) is -0.286. The van der Waals surface area contributed by atoms with E-state index in [4.69, 9.17) is 27.6 Å². The summed E-state index contributed by atoms with van der Waals surface area (Å²) in [4.78, 5) is 28.7. The number of carbonyl (C=O) groups excluding carboxylic acids is 1. The van der Waals surface area contributed by atoms with Crippen LogP contribution in [0.25, 0.3) is 21.6 Å². The Hall–Kier alpha value is -2.62. The molecule has 1 saturated heterocycles. The summed E-state index contributed by atoms with van der Waals surface area (Å²) in [7, 11) is 1.34. The number of nitrogens with zero attached hydrogens (tertiary/aromatic N) is 8. The molecule has 3 heterocycles. The number of ether oxygens (including phenoxy) is 1. The van der Waals surface area contributed by atoms with Crippen molar-refractivity contribution in [1.82, 2.24) is 24.4 Å². The van der Waals surface area contributed by atoms with Gasteiger partial charge in [-0.1, -0.05) is 16.7 Å². The van der Waals surface area contributed by atoms with Crippen LogP contribution in [0.15, 0.2) is 11.4 Å². The lowest BCUT2D eigenvalue weighted by Crippen LogP contribution is -2.36. The molecule has 132 valence electrons. The monoisotopic (exact) mass is 365 g/mol. The number of halogens is 1. The van der Waals surface area contributed by atoms with E-state index in [1.54, 1.807) is 6.33 Å². The Kier molecular flexibility index (Phi) is 4.88. The summed E-state index contributed by atoms with van der Waals surface area (Å²) in [5.41, 5.74) is 15.3. The fraction of sp³-hybridized carbons (Fsp3) is 0.538. The van der Waals surface area contributed by atoms with Crippen LogP contribution < -0.4 is 5.73 Å². The standard InChI is InChI=1S/C13H16ClN9O2/c1-25-9(24)5-22-4-8(2-7(22)3-18-21-16)23-6-17-10-11(14)19-13(15)20-12(10)23/h6-8H,2-5H2,1H3,(H2,15,19,20)/t7-,8+/m1/s1. The van der Waals surface area contributed by atoms with Gasteiger partial charge in [0.05, 0.1) is 26.0 Å². The van der Waals surface area contributed by atoms with Crippen molar-refractivity contribution in [2.24, 2.45) is 5.11 Å². The van der Waals surface area contributed by atoms with Gasteiger partial charge in [-0.05, 0) is 12.0 Å². The molecule has 25 heavy (non-hydrogen) atoms. The lowest BCUT2D eigenvalue weighted by Gasteiger charge is -2.20.